The summed E-state index contributed by atoms with van der Waals surface area (Å²) < 4.78 is 1.94. The second-order valence-electron chi connectivity index (χ2n) is 9.71. The number of aromatic nitrogens is 5. The normalized spacial score (nSPS) is 23.8. The molecule has 0 aromatic carbocycles. The van der Waals surface area contributed by atoms with Crippen LogP contribution in [0.4, 0.5) is 0 Å². The van der Waals surface area contributed by atoms with E-state index in [4.69, 9.17) is 0 Å². The van der Waals surface area contributed by atoms with E-state index in [1.807, 2.05) is 23.1 Å². The maximum Gasteiger partial charge on any atom is 0.289 e. The Labute approximate surface area is 198 Å². The number of carbonyl (C=O) groups is 2. The van der Waals surface area contributed by atoms with E-state index in [1.54, 1.807) is 11.1 Å². The van der Waals surface area contributed by atoms with E-state index in [9.17, 15) is 14.9 Å². The number of unbranched alkanes of at least 4 members (excludes halogenated alkanes) is 2. The van der Waals surface area contributed by atoms with Crippen LogP contribution >= 0.6 is 0 Å². The summed E-state index contributed by atoms with van der Waals surface area (Å²) in [4.78, 5) is 38.5. The summed E-state index contributed by atoms with van der Waals surface area (Å²) in [6, 6.07) is 4.31. The number of fused-ring (bicyclic) bond motifs is 2. The van der Waals surface area contributed by atoms with Gasteiger partial charge in [-0.15, -0.1) is 0 Å². The molecule has 1 amide bonds. The first-order valence-corrected chi connectivity index (χ1v) is 12.1. The highest BCUT2D eigenvalue weighted by atomic mass is 16.2. The van der Waals surface area contributed by atoms with Crippen molar-refractivity contribution in [3.05, 3.63) is 31.0 Å². The Morgan fingerprint density at radius 2 is 2.03 bits per heavy atom. The van der Waals surface area contributed by atoms with Crippen molar-refractivity contribution in [2.75, 3.05) is 13.1 Å². The molecule has 0 bridgehead atoms. The molecule has 3 aromatic rings. The molecule has 1 N–H and O–H groups in total. The average molecular weight is 460 g/mol. The van der Waals surface area contributed by atoms with Gasteiger partial charge in [-0.05, 0) is 37.2 Å². The lowest BCUT2D eigenvalue weighted by atomic mass is 9.92. The maximum absolute atomic E-state index is 12.7. The minimum atomic E-state index is -0.410. The van der Waals surface area contributed by atoms with E-state index < -0.39 is 5.54 Å². The van der Waals surface area contributed by atoms with Crippen LogP contribution in [0.3, 0.4) is 0 Å². The Morgan fingerprint density at radius 1 is 1.24 bits per heavy atom. The quantitative estimate of drug-likeness (QED) is 0.407. The SMILES string of the molecule is CCCCCC(=O)C(=O)N1C[C@@H]2C[C@](CC#N)(n3cc(-c4ncnc5[nH]ccc45)cn3)C[C@@H]2C1. The fourth-order valence-electron chi connectivity index (χ4n) is 5.81. The molecular weight excluding hydrogens is 430 g/mol. The van der Waals surface area contributed by atoms with Crippen LogP contribution in [-0.4, -0.2) is 54.4 Å². The summed E-state index contributed by atoms with van der Waals surface area (Å²) in [5.41, 5.74) is 2.05. The van der Waals surface area contributed by atoms with Gasteiger partial charge in [0.25, 0.3) is 5.91 Å². The molecule has 1 aliphatic heterocycles. The van der Waals surface area contributed by atoms with Crippen LogP contribution in [0.15, 0.2) is 31.0 Å². The highest BCUT2D eigenvalue weighted by molar-refractivity contribution is 6.36. The minimum Gasteiger partial charge on any atom is -0.346 e. The Hall–Kier alpha value is -3.54. The Kier molecular flexibility index (Phi) is 5.90. The number of ketones is 1. The zero-order chi connectivity index (χ0) is 23.7. The van der Waals surface area contributed by atoms with Gasteiger partial charge in [0.1, 0.15) is 12.0 Å². The minimum absolute atomic E-state index is 0.267. The van der Waals surface area contributed by atoms with Crippen molar-refractivity contribution < 1.29 is 9.59 Å². The first kappa shape index (κ1) is 22.3. The van der Waals surface area contributed by atoms with Gasteiger partial charge in [0.2, 0.25) is 5.78 Å². The molecule has 3 aromatic heterocycles. The van der Waals surface area contributed by atoms with Gasteiger partial charge >= 0.3 is 0 Å². The number of rotatable bonds is 8. The van der Waals surface area contributed by atoms with E-state index in [0.29, 0.717) is 25.9 Å². The first-order valence-electron chi connectivity index (χ1n) is 12.1. The number of nitrogens with zero attached hydrogens (tertiary/aromatic N) is 6. The van der Waals surface area contributed by atoms with E-state index in [1.165, 1.54) is 6.33 Å². The molecule has 1 aliphatic carbocycles. The predicted molar refractivity (Wildman–Crippen MR) is 125 cm³/mol. The van der Waals surface area contributed by atoms with Gasteiger partial charge in [-0.25, -0.2) is 9.97 Å². The summed E-state index contributed by atoms with van der Waals surface area (Å²) in [6.45, 7) is 3.25. The molecule has 1 saturated heterocycles. The molecule has 9 heteroatoms. The van der Waals surface area contributed by atoms with Crippen LogP contribution in [0.25, 0.3) is 22.3 Å². The van der Waals surface area contributed by atoms with Crippen LogP contribution in [0.2, 0.25) is 0 Å². The summed E-state index contributed by atoms with van der Waals surface area (Å²) in [5, 5.41) is 15.2. The molecule has 5 rings (SSSR count). The molecule has 4 heterocycles. The molecule has 9 nitrogen and oxygen atoms in total. The topological polar surface area (TPSA) is 121 Å². The van der Waals surface area contributed by atoms with E-state index >= 15 is 0 Å². The van der Waals surface area contributed by atoms with Crippen molar-refractivity contribution in [1.29, 1.82) is 5.26 Å². The van der Waals surface area contributed by atoms with Gasteiger partial charge in [-0.2, -0.15) is 10.4 Å². The van der Waals surface area contributed by atoms with Crippen LogP contribution in [0.5, 0.6) is 0 Å². The highest BCUT2D eigenvalue weighted by Crippen LogP contribution is 2.49. The molecule has 34 heavy (non-hydrogen) atoms. The van der Waals surface area contributed by atoms with Gasteiger partial charge < -0.3 is 9.88 Å². The zero-order valence-corrected chi connectivity index (χ0v) is 19.4. The summed E-state index contributed by atoms with van der Waals surface area (Å²) in [6.07, 6.45) is 12.1. The third-order valence-electron chi connectivity index (χ3n) is 7.50. The molecule has 176 valence electrons. The Bertz CT molecular complexity index is 1240. The van der Waals surface area contributed by atoms with Gasteiger partial charge in [-0.3, -0.25) is 14.3 Å². The number of H-pyrrole nitrogens is 1. The fraction of sp³-hybridized carbons (Fsp3) is 0.520. The third-order valence-corrected chi connectivity index (χ3v) is 7.50. The van der Waals surface area contributed by atoms with Gasteiger partial charge in [0.05, 0.1) is 29.9 Å². The fourth-order valence-corrected chi connectivity index (χ4v) is 5.81. The van der Waals surface area contributed by atoms with Gasteiger partial charge in [0, 0.05) is 42.9 Å². The van der Waals surface area contributed by atoms with Gasteiger partial charge in [0.15, 0.2) is 0 Å². The number of hydrogen-bond donors (Lipinski definition) is 1. The Balaban J connectivity index is 1.32. The highest BCUT2D eigenvalue weighted by Gasteiger charge is 2.51. The van der Waals surface area contributed by atoms with Crippen molar-refractivity contribution in [2.24, 2.45) is 11.8 Å². The second-order valence-corrected chi connectivity index (χ2v) is 9.71. The van der Waals surface area contributed by atoms with Crippen LogP contribution in [0.1, 0.15) is 51.9 Å². The van der Waals surface area contributed by atoms with Crippen molar-refractivity contribution in [3.63, 3.8) is 0 Å². The molecule has 0 unspecified atom stereocenters. The number of Topliss-reactive ketones (excluding diaryl/α,β-unsaturated/α-hetero) is 1. The van der Waals surface area contributed by atoms with Crippen LogP contribution in [-0.2, 0) is 15.1 Å². The molecular formula is C25H29N7O2. The van der Waals surface area contributed by atoms with E-state index in [0.717, 1.165) is 54.4 Å². The largest absolute Gasteiger partial charge is 0.346 e. The molecule has 2 fully saturated rings. The summed E-state index contributed by atoms with van der Waals surface area (Å²) >= 11 is 0. The number of likely N-dealkylation sites (tertiary alicyclic amines) is 1. The Morgan fingerprint density at radius 3 is 2.76 bits per heavy atom. The molecule has 0 radical (unpaired) electrons. The molecule has 2 aliphatic rings. The van der Waals surface area contributed by atoms with Crippen molar-refractivity contribution in [3.8, 4) is 17.3 Å². The number of amides is 1. The van der Waals surface area contributed by atoms with E-state index in [-0.39, 0.29) is 23.5 Å². The average Bonchev–Trinajstić information content (AvgIpc) is 3.61. The predicted octanol–water partition coefficient (Wildman–Crippen LogP) is 3.45. The lowest BCUT2D eigenvalue weighted by Crippen LogP contribution is -2.38. The number of nitrogens with one attached hydrogen (secondary N) is 1. The number of nitriles is 1. The second kappa shape index (κ2) is 9.01. The molecule has 1 saturated carbocycles. The molecule has 0 spiro atoms. The standard InChI is InChI=1S/C25H29N7O2/c1-2-3-4-5-21(33)24(34)31-13-17-10-25(7-8-26,11-18(17)14-31)32-15-19(12-30-32)22-20-6-9-27-23(20)29-16-28-22/h6,9,12,15-18H,2-5,7,10-11,13-14H2,1H3,(H,27,28,29)/t17-,18+,25-. The third kappa shape index (κ3) is 3.87. The smallest absolute Gasteiger partial charge is 0.289 e. The summed E-state index contributed by atoms with van der Waals surface area (Å²) in [5.74, 6) is -0.0703. The van der Waals surface area contributed by atoms with E-state index in [2.05, 4.69) is 33.0 Å². The number of aromatic amines is 1. The summed E-state index contributed by atoms with van der Waals surface area (Å²) in [7, 11) is 0. The molecule has 3 atom stereocenters. The van der Waals surface area contributed by atoms with Gasteiger partial charge in [-0.1, -0.05) is 19.8 Å². The number of hydrogen-bond acceptors (Lipinski definition) is 6. The van der Waals surface area contributed by atoms with Crippen molar-refractivity contribution in [1.82, 2.24) is 29.6 Å². The lowest BCUT2D eigenvalue weighted by molar-refractivity contribution is -0.144. The van der Waals surface area contributed by atoms with Crippen LogP contribution < -0.4 is 0 Å². The monoisotopic (exact) mass is 459 g/mol. The zero-order valence-electron chi connectivity index (χ0n) is 19.4. The number of carbonyl (C=O) groups excluding carboxylic acids is 2. The van der Waals surface area contributed by atoms with Crippen molar-refractivity contribution >= 4 is 22.7 Å². The van der Waals surface area contributed by atoms with Crippen LogP contribution in [0, 0.1) is 23.2 Å². The lowest BCUT2D eigenvalue weighted by Gasteiger charge is -2.29. The van der Waals surface area contributed by atoms with Crippen molar-refractivity contribution in [2.45, 2.75) is 57.4 Å². The first-order chi connectivity index (χ1) is 16.5. The maximum atomic E-state index is 12.7.